The van der Waals surface area contributed by atoms with Crippen molar-refractivity contribution in [2.45, 2.75) is 46.0 Å². The van der Waals surface area contributed by atoms with E-state index in [-0.39, 0.29) is 0 Å². The molecule has 0 atom stereocenters. The Bertz CT molecular complexity index is 551. The van der Waals surface area contributed by atoms with Crippen LogP contribution in [-0.2, 0) is 6.42 Å². The molecule has 0 fully saturated rings. The van der Waals surface area contributed by atoms with Gasteiger partial charge < -0.3 is 5.32 Å². The first-order valence-electron chi connectivity index (χ1n) is 7.49. The lowest BCUT2D eigenvalue weighted by atomic mass is 10.1. The molecule has 0 spiro atoms. The number of unbranched alkanes of at least 4 members (excludes halogenated alkanes) is 3. The summed E-state index contributed by atoms with van der Waals surface area (Å²) in [6.07, 6.45) is 10.7. The third kappa shape index (κ3) is 4.90. The third-order valence-corrected chi connectivity index (χ3v) is 4.27. The lowest BCUT2D eigenvalue weighted by Crippen LogP contribution is -2.14. The number of hydrogen-bond acceptors (Lipinski definition) is 2. The van der Waals surface area contributed by atoms with E-state index in [9.17, 15) is 0 Å². The van der Waals surface area contributed by atoms with Gasteiger partial charge in [0.25, 0.3) is 0 Å². The molecule has 0 aromatic carbocycles. The second kappa shape index (κ2) is 7.97. The van der Waals surface area contributed by atoms with Crippen molar-refractivity contribution in [3.63, 3.8) is 0 Å². The monoisotopic (exact) mass is 285 g/mol. The number of rotatable bonds is 5. The third-order valence-electron chi connectivity index (χ3n) is 3.38. The fraction of sp³-hybridized carbons (Fsp3) is 0.444. The topological polar surface area (TPSA) is 12.0 Å². The molecule has 0 saturated carbocycles. The molecule has 2 heterocycles. The van der Waals surface area contributed by atoms with Crippen molar-refractivity contribution in [1.82, 2.24) is 5.32 Å². The van der Waals surface area contributed by atoms with Gasteiger partial charge in [0.05, 0.1) is 4.88 Å². The van der Waals surface area contributed by atoms with E-state index in [2.05, 4.69) is 54.6 Å². The van der Waals surface area contributed by atoms with Gasteiger partial charge in [-0.25, -0.2) is 0 Å². The van der Waals surface area contributed by atoms with E-state index in [4.69, 9.17) is 0 Å². The van der Waals surface area contributed by atoms with E-state index in [0.29, 0.717) is 0 Å². The molecule has 1 aromatic heterocycles. The van der Waals surface area contributed by atoms with Gasteiger partial charge in [-0.3, -0.25) is 0 Å². The Balaban J connectivity index is 1.88. The molecule has 0 unspecified atom stereocenters. The standard InChI is InChI=1S/C18H23NS/c1-3-4-5-6-7-17-13-18(20-14-17)9-8-16-10-11-19-15(2)12-16/h10,12-14,19H,3-7,11H2,1-2H3. The second-order valence-electron chi connectivity index (χ2n) is 5.25. The van der Waals surface area contributed by atoms with Crippen molar-refractivity contribution < 1.29 is 0 Å². The minimum Gasteiger partial charge on any atom is -0.385 e. The van der Waals surface area contributed by atoms with Crippen molar-refractivity contribution in [3.8, 4) is 11.8 Å². The molecule has 0 saturated heterocycles. The zero-order valence-corrected chi connectivity index (χ0v) is 13.3. The number of dihydropyridines is 1. The highest BCUT2D eigenvalue weighted by atomic mass is 32.1. The quantitative estimate of drug-likeness (QED) is 0.613. The minimum absolute atomic E-state index is 0.888. The van der Waals surface area contributed by atoms with Crippen molar-refractivity contribution in [2.75, 3.05) is 6.54 Å². The van der Waals surface area contributed by atoms with Gasteiger partial charge in [0.1, 0.15) is 0 Å². The summed E-state index contributed by atoms with van der Waals surface area (Å²) >= 11 is 1.77. The van der Waals surface area contributed by atoms with Gasteiger partial charge in [0.15, 0.2) is 0 Å². The van der Waals surface area contributed by atoms with E-state index < -0.39 is 0 Å². The van der Waals surface area contributed by atoms with Crippen LogP contribution in [0.2, 0.25) is 0 Å². The lowest BCUT2D eigenvalue weighted by molar-refractivity contribution is 0.667. The Morgan fingerprint density at radius 2 is 2.15 bits per heavy atom. The SMILES string of the molecule is CCCCCCc1csc(C#CC2=CCNC(C)=C2)c1. The number of allylic oxidation sites excluding steroid dienone is 3. The first kappa shape index (κ1) is 14.9. The maximum Gasteiger partial charge on any atom is 0.0775 e. The van der Waals surface area contributed by atoms with E-state index in [1.54, 1.807) is 11.3 Å². The maximum atomic E-state index is 3.28. The molecule has 0 radical (unpaired) electrons. The van der Waals surface area contributed by atoms with Crippen LogP contribution in [0.4, 0.5) is 0 Å². The first-order chi connectivity index (χ1) is 9.78. The summed E-state index contributed by atoms with van der Waals surface area (Å²) in [6.45, 7) is 5.22. The number of nitrogens with one attached hydrogen (secondary N) is 1. The smallest absolute Gasteiger partial charge is 0.0775 e. The van der Waals surface area contributed by atoms with Crippen LogP contribution in [0, 0.1) is 11.8 Å². The minimum atomic E-state index is 0.888. The zero-order chi connectivity index (χ0) is 14.2. The summed E-state index contributed by atoms with van der Waals surface area (Å²) in [4.78, 5) is 1.18. The second-order valence-corrected chi connectivity index (χ2v) is 6.16. The average molecular weight is 285 g/mol. The van der Waals surface area contributed by atoms with Gasteiger partial charge in [-0.05, 0) is 48.9 Å². The highest BCUT2D eigenvalue weighted by molar-refractivity contribution is 7.10. The summed E-state index contributed by atoms with van der Waals surface area (Å²) in [6, 6.07) is 2.25. The van der Waals surface area contributed by atoms with Crippen LogP contribution in [0.5, 0.6) is 0 Å². The van der Waals surface area contributed by atoms with Crippen LogP contribution in [0.25, 0.3) is 0 Å². The van der Waals surface area contributed by atoms with E-state index >= 15 is 0 Å². The first-order valence-corrected chi connectivity index (χ1v) is 8.37. The molecule has 1 aromatic rings. The Morgan fingerprint density at radius 3 is 2.95 bits per heavy atom. The molecule has 0 bridgehead atoms. The molecule has 0 amide bonds. The fourth-order valence-electron chi connectivity index (χ4n) is 2.21. The molecule has 1 nitrogen and oxygen atoms in total. The highest BCUT2D eigenvalue weighted by Gasteiger charge is 1.99. The van der Waals surface area contributed by atoms with Gasteiger partial charge in [-0.1, -0.05) is 38.0 Å². The van der Waals surface area contributed by atoms with Crippen LogP contribution in [-0.4, -0.2) is 6.54 Å². The van der Waals surface area contributed by atoms with Crippen LogP contribution in [0.15, 0.2) is 34.9 Å². The fourth-order valence-corrected chi connectivity index (χ4v) is 3.01. The normalized spacial score (nSPS) is 13.9. The molecule has 1 aliphatic heterocycles. The van der Waals surface area contributed by atoms with Gasteiger partial charge in [-0.15, -0.1) is 11.3 Å². The Labute approximate surface area is 126 Å². The molecule has 1 N–H and O–H groups in total. The van der Waals surface area contributed by atoms with E-state index in [1.165, 1.54) is 48.2 Å². The number of thiophene rings is 1. The Kier molecular flexibility index (Phi) is 5.95. The molecule has 2 rings (SSSR count). The van der Waals surface area contributed by atoms with Gasteiger partial charge >= 0.3 is 0 Å². The molecule has 106 valence electrons. The van der Waals surface area contributed by atoms with E-state index in [1.807, 2.05) is 0 Å². The predicted molar refractivity (Wildman–Crippen MR) is 88.9 cm³/mol. The van der Waals surface area contributed by atoms with Crippen molar-refractivity contribution in [2.24, 2.45) is 0 Å². The number of hydrogen-bond donors (Lipinski definition) is 1. The average Bonchev–Trinajstić information content (AvgIpc) is 2.89. The lowest BCUT2D eigenvalue weighted by Gasteiger charge is -2.08. The largest absolute Gasteiger partial charge is 0.385 e. The van der Waals surface area contributed by atoms with Crippen molar-refractivity contribution >= 4 is 11.3 Å². The number of aryl methyl sites for hydroxylation is 1. The predicted octanol–water partition coefficient (Wildman–Crippen LogP) is 4.66. The molecular weight excluding hydrogens is 262 g/mol. The van der Waals surface area contributed by atoms with Gasteiger partial charge in [0.2, 0.25) is 0 Å². The van der Waals surface area contributed by atoms with Crippen LogP contribution < -0.4 is 5.32 Å². The zero-order valence-electron chi connectivity index (χ0n) is 12.5. The Hall–Kier alpha value is -1.46. The summed E-state index contributed by atoms with van der Waals surface area (Å²) in [7, 11) is 0. The van der Waals surface area contributed by atoms with E-state index in [0.717, 1.165) is 12.1 Å². The summed E-state index contributed by atoms with van der Waals surface area (Å²) in [5, 5.41) is 5.53. The molecule has 0 aliphatic carbocycles. The van der Waals surface area contributed by atoms with Crippen molar-refractivity contribution in [3.05, 3.63) is 45.3 Å². The summed E-state index contributed by atoms with van der Waals surface area (Å²) in [5.74, 6) is 6.55. The van der Waals surface area contributed by atoms with Gasteiger partial charge in [-0.2, -0.15) is 0 Å². The van der Waals surface area contributed by atoms with Crippen LogP contribution in [0.1, 0.15) is 50.0 Å². The van der Waals surface area contributed by atoms with Crippen LogP contribution in [0.3, 0.4) is 0 Å². The molecule has 1 aliphatic rings. The molecule has 2 heteroatoms. The maximum absolute atomic E-state index is 3.28. The van der Waals surface area contributed by atoms with Gasteiger partial charge in [0, 0.05) is 17.8 Å². The molecular formula is C18H23NS. The van der Waals surface area contributed by atoms with Crippen molar-refractivity contribution in [1.29, 1.82) is 0 Å². The summed E-state index contributed by atoms with van der Waals surface area (Å²) in [5.41, 5.74) is 3.76. The summed E-state index contributed by atoms with van der Waals surface area (Å²) < 4.78 is 0. The Morgan fingerprint density at radius 1 is 1.25 bits per heavy atom. The highest BCUT2D eigenvalue weighted by Crippen LogP contribution is 2.17. The molecule has 20 heavy (non-hydrogen) atoms. The van der Waals surface area contributed by atoms with Crippen LogP contribution >= 0.6 is 11.3 Å².